The number of carboxylic acid groups (broad SMARTS) is 1. The molecule has 17 heavy (non-hydrogen) atoms. The Kier molecular flexibility index (Phi) is 3.50. The summed E-state index contributed by atoms with van der Waals surface area (Å²) in [7, 11) is 0. The SMILES string of the molecule is CC(C)c1onc(C2CCCCC2)c1C(=O)O. The number of aromatic carboxylic acids is 1. The molecule has 4 nitrogen and oxygen atoms in total. The van der Waals surface area contributed by atoms with Crippen LogP contribution in [0.3, 0.4) is 0 Å². The van der Waals surface area contributed by atoms with Gasteiger partial charge >= 0.3 is 5.97 Å². The van der Waals surface area contributed by atoms with Gasteiger partial charge in [0.25, 0.3) is 0 Å². The zero-order valence-corrected chi connectivity index (χ0v) is 10.4. The minimum absolute atomic E-state index is 0.0611. The number of aromatic nitrogens is 1. The number of carbonyl (C=O) groups is 1. The lowest BCUT2D eigenvalue weighted by Gasteiger charge is -2.19. The van der Waals surface area contributed by atoms with E-state index in [1.165, 1.54) is 6.42 Å². The van der Waals surface area contributed by atoms with Crippen molar-refractivity contribution in [1.29, 1.82) is 0 Å². The summed E-state index contributed by atoms with van der Waals surface area (Å²) < 4.78 is 5.24. The normalized spacial score (nSPS) is 17.6. The Labute approximate surface area is 101 Å². The fourth-order valence-electron chi connectivity index (χ4n) is 2.58. The van der Waals surface area contributed by atoms with E-state index in [1.54, 1.807) is 0 Å². The number of hydrogen-bond acceptors (Lipinski definition) is 3. The van der Waals surface area contributed by atoms with Crippen LogP contribution in [-0.2, 0) is 0 Å². The van der Waals surface area contributed by atoms with Gasteiger partial charge in [0.2, 0.25) is 0 Å². The summed E-state index contributed by atoms with van der Waals surface area (Å²) >= 11 is 0. The summed E-state index contributed by atoms with van der Waals surface area (Å²) in [6.07, 6.45) is 5.63. The zero-order chi connectivity index (χ0) is 12.4. The number of hydrogen-bond donors (Lipinski definition) is 1. The van der Waals surface area contributed by atoms with Gasteiger partial charge in [-0.15, -0.1) is 0 Å². The molecule has 1 saturated carbocycles. The maximum absolute atomic E-state index is 11.4. The van der Waals surface area contributed by atoms with Crippen LogP contribution in [0.15, 0.2) is 4.52 Å². The van der Waals surface area contributed by atoms with Gasteiger partial charge in [0.1, 0.15) is 11.3 Å². The number of rotatable bonds is 3. The summed E-state index contributed by atoms with van der Waals surface area (Å²) in [4.78, 5) is 11.4. The van der Waals surface area contributed by atoms with Gasteiger partial charge in [-0.25, -0.2) is 4.79 Å². The third-order valence-electron chi connectivity index (χ3n) is 3.47. The lowest BCUT2D eigenvalue weighted by molar-refractivity contribution is 0.0692. The van der Waals surface area contributed by atoms with Crippen LogP contribution in [-0.4, -0.2) is 16.2 Å². The molecule has 1 aliphatic rings. The highest BCUT2D eigenvalue weighted by Crippen LogP contribution is 2.36. The van der Waals surface area contributed by atoms with E-state index < -0.39 is 5.97 Å². The molecule has 0 spiro atoms. The molecule has 1 heterocycles. The van der Waals surface area contributed by atoms with Crippen LogP contribution in [0.25, 0.3) is 0 Å². The maximum Gasteiger partial charge on any atom is 0.341 e. The zero-order valence-electron chi connectivity index (χ0n) is 10.4. The highest BCUT2D eigenvalue weighted by molar-refractivity contribution is 5.90. The molecule has 2 rings (SSSR count). The first-order valence-corrected chi connectivity index (χ1v) is 6.34. The summed E-state index contributed by atoms with van der Waals surface area (Å²) in [5.74, 6) is -0.0642. The van der Waals surface area contributed by atoms with Crippen molar-refractivity contribution in [2.45, 2.75) is 57.8 Å². The maximum atomic E-state index is 11.4. The predicted molar refractivity (Wildman–Crippen MR) is 63.4 cm³/mol. The van der Waals surface area contributed by atoms with Crippen LogP contribution >= 0.6 is 0 Å². The molecule has 1 aromatic heterocycles. The first-order chi connectivity index (χ1) is 8.11. The van der Waals surface area contributed by atoms with Gasteiger partial charge in [-0.05, 0) is 12.8 Å². The van der Waals surface area contributed by atoms with E-state index >= 15 is 0 Å². The topological polar surface area (TPSA) is 63.3 Å². The molecule has 0 amide bonds. The minimum Gasteiger partial charge on any atom is -0.477 e. The quantitative estimate of drug-likeness (QED) is 0.873. The van der Waals surface area contributed by atoms with Gasteiger partial charge in [0.15, 0.2) is 5.76 Å². The molecule has 94 valence electrons. The highest BCUT2D eigenvalue weighted by atomic mass is 16.5. The highest BCUT2D eigenvalue weighted by Gasteiger charge is 2.29. The molecule has 0 atom stereocenters. The van der Waals surface area contributed by atoms with Crippen molar-refractivity contribution in [3.63, 3.8) is 0 Å². The fraction of sp³-hybridized carbons (Fsp3) is 0.692. The first-order valence-electron chi connectivity index (χ1n) is 6.34. The van der Waals surface area contributed by atoms with Crippen molar-refractivity contribution >= 4 is 5.97 Å². The predicted octanol–water partition coefficient (Wildman–Crippen LogP) is 3.54. The molecule has 0 unspecified atom stereocenters. The molecule has 1 N–H and O–H groups in total. The molecule has 1 fully saturated rings. The molecule has 0 bridgehead atoms. The minimum atomic E-state index is -0.907. The van der Waals surface area contributed by atoms with Gasteiger partial charge in [-0.1, -0.05) is 38.3 Å². The fourth-order valence-corrected chi connectivity index (χ4v) is 2.58. The van der Waals surface area contributed by atoms with E-state index in [2.05, 4.69) is 5.16 Å². The van der Waals surface area contributed by atoms with Crippen LogP contribution in [0.2, 0.25) is 0 Å². The molecule has 0 radical (unpaired) electrons. The third-order valence-corrected chi connectivity index (χ3v) is 3.47. The van der Waals surface area contributed by atoms with Crippen molar-refractivity contribution in [2.75, 3.05) is 0 Å². The van der Waals surface area contributed by atoms with E-state index in [9.17, 15) is 9.90 Å². The lowest BCUT2D eigenvalue weighted by atomic mass is 9.84. The second-order valence-corrected chi connectivity index (χ2v) is 5.10. The second kappa shape index (κ2) is 4.90. The molecule has 0 saturated heterocycles. The van der Waals surface area contributed by atoms with Crippen LogP contribution in [0.1, 0.15) is 79.6 Å². The number of nitrogens with zero attached hydrogens (tertiary/aromatic N) is 1. The average molecular weight is 237 g/mol. The first kappa shape index (κ1) is 12.1. The van der Waals surface area contributed by atoms with Crippen LogP contribution in [0, 0.1) is 0 Å². The van der Waals surface area contributed by atoms with Crippen molar-refractivity contribution in [3.05, 3.63) is 17.0 Å². The average Bonchev–Trinajstić information content (AvgIpc) is 2.74. The summed E-state index contributed by atoms with van der Waals surface area (Å²) in [5, 5.41) is 13.3. The molecule has 1 aliphatic carbocycles. The Morgan fingerprint density at radius 2 is 2.00 bits per heavy atom. The van der Waals surface area contributed by atoms with Gasteiger partial charge in [0, 0.05) is 11.8 Å². The van der Waals surface area contributed by atoms with E-state index in [1.807, 2.05) is 13.8 Å². The van der Waals surface area contributed by atoms with Crippen LogP contribution in [0.4, 0.5) is 0 Å². The van der Waals surface area contributed by atoms with Gasteiger partial charge in [0.05, 0.1) is 0 Å². The molecule has 0 aromatic carbocycles. The molecular formula is C13H19NO3. The van der Waals surface area contributed by atoms with Gasteiger partial charge < -0.3 is 9.63 Å². The lowest BCUT2D eigenvalue weighted by Crippen LogP contribution is -2.11. The standard InChI is InChI=1S/C13H19NO3/c1-8(2)12-10(13(15)16)11(14-17-12)9-6-4-3-5-7-9/h8-9H,3-7H2,1-2H3,(H,15,16). The molecule has 0 aliphatic heterocycles. The van der Waals surface area contributed by atoms with Crippen molar-refractivity contribution in [2.24, 2.45) is 0 Å². The van der Waals surface area contributed by atoms with Crippen LogP contribution in [0.5, 0.6) is 0 Å². The Balaban J connectivity index is 2.36. The Morgan fingerprint density at radius 1 is 1.35 bits per heavy atom. The number of carboxylic acids is 1. The molecule has 4 heteroatoms. The van der Waals surface area contributed by atoms with E-state index in [0.29, 0.717) is 17.0 Å². The van der Waals surface area contributed by atoms with Gasteiger partial charge in [-0.2, -0.15) is 0 Å². The van der Waals surface area contributed by atoms with Crippen molar-refractivity contribution in [1.82, 2.24) is 5.16 Å². The van der Waals surface area contributed by atoms with Crippen LogP contribution < -0.4 is 0 Å². The van der Waals surface area contributed by atoms with Crippen molar-refractivity contribution < 1.29 is 14.4 Å². The smallest absolute Gasteiger partial charge is 0.341 e. The van der Waals surface area contributed by atoms with E-state index in [-0.39, 0.29) is 11.8 Å². The largest absolute Gasteiger partial charge is 0.477 e. The Bertz CT molecular complexity index is 403. The van der Waals surface area contributed by atoms with E-state index in [0.717, 1.165) is 25.7 Å². The second-order valence-electron chi connectivity index (χ2n) is 5.10. The molecule has 1 aromatic rings. The van der Waals surface area contributed by atoms with E-state index in [4.69, 9.17) is 4.52 Å². The third kappa shape index (κ3) is 2.35. The summed E-state index contributed by atoms with van der Waals surface area (Å²) in [5.41, 5.74) is 0.979. The van der Waals surface area contributed by atoms with Gasteiger partial charge in [-0.3, -0.25) is 0 Å². The Morgan fingerprint density at radius 3 is 2.53 bits per heavy atom. The molecular weight excluding hydrogens is 218 g/mol. The van der Waals surface area contributed by atoms with Crippen molar-refractivity contribution in [3.8, 4) is 0 Å². The monoisotopic (exact) mass is 237 g/mol. The Hall–Kier alpha value is -1.32. The summed E-state index contributed by atoms with van der Waals surface area (Å²) in [6, 6.07) is 0. The summed E-state index contributed by atoms with van der Waals surface area (Å²) in [6.45, 7) is 3.86.